The number of nitriles is 1. The highest BCUT2D eigenvalue weighted by molar-refractivity contribution is 6.32. The molecule has 0 unspecified atom stereocenters. The van der Waals surface area contributed by atoms with Gasteiger partial charge in [0.05, 0.1) is 23.3 Å². The quantitative estimate of drug-likeness (QED) is 0.876. The lowest BCUT2D eigenvalue weighted by molar-refractivity contribution is 0.0292. The summed E-state index contributed by atoms with van der Waals surface area (Å²) in [6, 6.07) is 7.16. The first-order chi connectivity index (χ1) is 9.74. The molecule has 1 N–H and O–H groups in total. The van der Waals surface area contributed by atoms with Crippen molar-refractivity contribution in [2.45, 2.75) is 19.4 Å². The Morgan fingerprint density at radius 1 is 1.55 bits per heavy atom. The number of benzene rings is 1. The summed E-state index contributed by atoms with van der Waals surface area (Å²) < 4.78 is 11.5. The van der Waals surface area contributed by atoms with Gasteiger partial charge in [-0.25, -0.2) is 0 Å². The van der Waals surface area contributed by atoms with Crippen LogP contribution in [0.25, 0.3) is 0 Å². The molecule has 2 rings (SSSR count). The lowest BCUT2D eigenvalue weighted by atomic mass is 10.0. The number of nitrogens with zero attached hydrogens (tertiary/aromatic N) is 1. The van der Waals surface area contributed by atoms with Gasteiger partial charge in [-0.1, -0.05) is 11.6 Å². The smallest absolute Gasteiger partial charge is 0.138 e. The summed E-state index contributed by atoms with van der Waals surface area (Å²) in [4.78, 5) is 0. The van der Waals surface area contributed by atoms with Crippen molar-refractivity contribution in [1.82, 2.24) is 5.32 Å². The van der Waals surface area contributed by atoms with Crippen LogP contribution < -0.4 is 10.1 Å². The van der Waals surface area contributed by atoms with Crippen LogP contribution in [-0.2, 0) is 4.74 Å². The fraction of sp³-hybridized carbons (Fsp3) is 0.533. The highest BCUT2D eigenvalue weighted by Gasteiger charge is 2.27. The Kier molecular flexibility index (Phi) is 5.66. The van der Waals surface area contributed by atoms with Gasteiger partial charge in [0.25, 0.3) is 0 Å². The molecule has 1 fully saturated rings. The zero-order valence-electron chi connectivity index (χ0n) is 11.6. The number of halogens is 1. The van der Waals surface area contributed by atoms with Crippen molar-refractivity contribution in [2.75, 3.05) is 26.3 Å². The molecule has 0 saturated carbocycles. The molecular formula is C15H19ClN2O2. The molecule has 5 heteroatoms. The molecule has 1 heterocycles. The fourth-order valence-corrected chi connectivity index (χ4v) is 2.55. The van der Waals surface area contributed by atoms with Crippen LogP contribution >= 0.6 is 11.6 Å². The van der Waals surface area contributed by atoms with Crippen LogP contribution in [0.4, 0.5) is 0 Å². The maximum atomic E-state index is 8.85. The van der Waals surface area contributed by atoms with Gasteiger partial charge in [0, 0.05) is 19.1 Å². The van der Waals surface area contributed by atoms with E-state index in [1.54, 1.807) is 18.2 Å². The second-order valence-corrected chi connectivity index (χ2v) is 5.23. The lowest BCUT2D eigenvalue weighted by Crippen LogP contribution is -2.33. The molecule has 0 aliphatic carbocycles. The van der Waals surface area contributed by atoms with Crippen molar-refractivity contribution in [1.29, 1.82) is 5.26 Å². The molecule has 108 valence electrons. The van der Waals surface area contributed by atoms with Gasteiger partial charge in [0.1, 0.15) is 11.9 Å². The molecular weight excluding hydrogens is 276 g/mol. The summed E-state index contributed by atoms with van der Waals surface area (Å²) in [5.74, 6) is 1.04. The van der Waals surface area contributed by atoms with E-state index >= 15 is 0 Å². The van der Waals surface area contributed by atoms with Gasteiger partial charge in [-0.2, -0.15) is 5.26 Å². The standard InChI is InChI=1S/C15H19ClN2O2/c1-2-19-10-15(12-5-6-18-9-12)20-14-4-3-11(8-17)7-13(14)16/h3-4,7,12,15,18H,2,5-6,9-10H2,1H3/t12-,15-/m0/s1. The molecule has 1 aromatic carbocycles. The average molecular weight is 295 g/mol. The third-order valence-electron chi connectivity index (χ3n) is 3.45. The van der Waals surface area contributed by atoms with Crippen LogP contribution in [-0.4, -0.2) is 32.4 Å². The number of hydrogen-bond donors (Lipinski definition) is 1. The Bertz CT molecular complexity index is 481. The second kappa shape index (κ2) is 7.49. The largest absolute Gasteiger partial charge is 0.486 e. The fourth-order valence-electron chi connectivity index (χ4n) is 2.32. The zero-order chi connectivity index (χ0) is 14.4. The Morgan fingerprint density at radius 2 is 2.40 bits per heavy atom. The van der Waals surface area contributed by atoms with E-state index in [1.807, 2.05) is 6.92 Å². The van der Waals surface area contributed by atoms with Crippen molar-refractivity contribution in [3.63, 3.8) is 0 Å². The minimum Gasteiger partial charge on any atom is -0.486 e. The van der Waals surface area contributed by atoms with Crippen molar-refractivity contribution in [2.24, 2.45) is 5.92 Å². The molecule has 0 amide bonds. The maximum Gasteiger partial charge on any atom is 0.138 e. The van der Waals surface area contributed by atoms with E-state index in [4.69, 9.17) is 26.3 Å². The molecule has 0 aromatic heterocycles. The normalized spacial score (nSPS) is 19.6. The van der Waals surface area contributed by atoms with Crippen molar-refractivity contribution in [3.05, 3.63) is 28.8 Å². The van der Waals surface area contributed by atoms with Crippen LogP contribution in [0.2, 0.25) is 5.02 Å². The SMILES string of the molecule is CCOC[C@H](Oc1ccc(C#N)cc1Cl)[C@H]1CCNC1. The van der Waals surface area contributed by atoms with Gasteiger partial charge >= 0.3 is 0 Å². The summed E-state index contributed by atoms with van der Waals surface area (Å²) >= 11 is 6.16. The number of hydrogen-bond acceptors (Lipinski definition) is 4. The first kappa shape index (κ1) is 15.1. The van der Waals surface area contributed by atoms with Gasteiger partial charge < -0.3 is 14.8 Å². The topological polar surface area (TPSA) is 54.3 Å². The summed E-state index contributed by atoms with van der Waals surface area (Å²) in [5.41, 5.74) is 0.534. The summed E-state index contributed by atoms with van der Waals surface area (Å²) in [6.45, 7) is 5.14. The molecule has 20 heavy (non-hydrogen) atoms. The minimum atomic E-state index is -0.0182. The van der Waals surface area contributed by atoms with Gasteiger partial charge in [0.2, 0.25) is 0 Å². The van der Waals surface area contributed by atoms with E-state index in [0.717, 1.165) is 19.5 Å². The number of ether oxygens (including phenoxy) is 2. The monoisotopic (exact) mass is 294 g/mol. The first-order valence-corrected chi connectivity index (χ1v) is 7.27. The highest BCUT2D eigenvalue weighted by atomic mass is 35.5. The molecule has 0 spiro atoms. The molecule has 0 radical (unpaired) electrons. The minimum absolute atomic E-state index is 0.0182. The highest BCUT2D eigenvalue weighted by Crippen LogP contribution is 2.28. The van der Waals surface area contributed by atoms with E-state index < -0.39 is 0 Å². The Balaban J connectivity index is 2.08. The van der Waals surface area contributed by atoms with Crippen molar-refractivity contribution in [3.8, 4) is 11.8 Å². The van der Waals surface area contributed by atoms with Crippen LogP contribution in [0.1, 0.15) is 18.9 Å². The molecule has 1 saturated heterocycles. The van der Waals surface area contributed by atoms with Gasteiger partial charge in [0.15, 0.2) is 0 Å². The molecule has 2 atom stereocenters. The van der Waals surface area contributed by atoms with Gasteiger partial charge in [-0.15, -0.1) is 0 Å². The molecule has 1 aliphatic rings. The Hall–Kier alpha value is -1.28. The Labute approximate surface area is 124 Å². The van der Waals surface area contributed by atoms with E-state index in [2.05, 4.69) is 11.4 Å². The third kappa shape index (κ3) is 3.86. The van der Waals surface area contributed by atoms with Crippen LogP contribution in [0.3, 0.4) is 0 Å². The molecule has 0 bridgehead atoms. The predicted octanol–water partition coefficient (Wildman–Crippen LogP) is 2.61. The first-order valence-electron chi connectivity index (χ1n) is 6.89. The van der Waals surface area contributed by atoms with Crippen LogP contribution in [0, 0.1) is 17.2 Å². The van der Waals surface area contributed by atoms with Crippen molar-refractivity contribution < 1.29 is 9.47 Å². The lowest BCUT2D eigenvalue weighted by Gasteiger charge is -2.24. The Morgan fingerprint density at radius 3 is 3.00 bits per heavy atom. The van der Waals surface area contributed by atoms with E-state index in [-0.39, 0.29) is 6.10 Å². The zero-order valence-corrected chi connectivity index (χ0v) is 12.3. The summed E-state index contributed by atoms with van der Waals surface area (Å²) in [6.07, 6.45) is 1.06. The predicted molar refractivity (Wildman–Crippen MR) is 78.1 cm³/mol. The van der Waals surface area contributed by atoms with Crippen LogP contribution in [0.15, 0.2) is 18.2 Å². The van der Waals surface area contributed by atoms with Gasteiger partial charge in [-0.05, 0) is 38.1 Å². The maximum absolute atomic E-state index is 8.85. The van der Waals surface area contributed by atoms with Crippen molar-refractivity contribution >= 4 is 11.6 Å². The molecule has 1 aromatic rings. The summed E-state index contributed by atoms with van der Waals surface area (Å²) in [7, 11) is 0. The average Bonchev–Trinajstić information content (AvgIpc) is 2.99. The van der Waals surface area contributed by atoms with E-state index in [0.29, 0.717) is 35.5 Å². The number of rotatable bonds is 6. The molecule has 1 aliphatic heterocycles. The third-order valence-corrected chi connectivity index (χ3v) is 3.75. The number of nitrogens with one attached hydrogen (secondary N) is 1. The van der Waals surface area contributed by atoms with Crippen LogP contribution in [0.5, 0.6) is 5.75 Å². The van der Waals surface area contributed by atoms with E-state index in [1.165, 1.54) is 0 Å². The molecule has 4 nitrogen and oxygen atoms in total. The second-order valence-electron chi connectivity index (χ2n) is 4.83. The summed E-state index contributed by atoms with van der Waals surface area (Å²) in [5, 5.41) is 12.7. The van der Waals surface area contributed by atoms with Gasteiger partial charge in [-0.3, -0.25) is 0 Å². The van der Waals surface area contributed by atoms with E-state index in [9.17, 15) is 0 Å².